The molecule has 1 saturated heterocycles. The zero-order valence-electron chi connectivity index (χ0n) is 24.9. The lowest BCUT2D eigenvalue weighted by Crippen LogP contribution is -2.53. The van der Waals surface area contributed by atoms with Crippen molar-refractivity contribution in [2.45, 2.75) is 26.2 Å². The third kappa shape index (κ3) is 12.5. The van der Waals surface area contributed by atoms with Crippen LogP contribution < -0.4 is 4.90 Å². The first-order valence-corrected chi connectivity index (χ1v) is 17.4. The molecule has 0 aliphatic carbocycles. The number of likely N-dealkylation sites (N-methyl/N-ethyl adjacent to an activating group) is 1. The SMILES string of the molecule is C=CCC.CN1N=C2CCC(C(=O)N(COCCS(C)(C)C)c3cccc(Cl)c3)CN2CC1=O.Clc1ccccc1. The number of hydrogen-bond acceptors (Lipinski definition) is 5. The van der Waals surface area contributed by atoms with E-state index in [9.17, 15) is 9.59 Å². The number of halogens is 2. The summed E-state index contributed by atoms with van der Waals surface area (Å²) in [6, 6.07) is 16.7. The van der Waals surface area contributed by atoms with E-state index >= 15 is 0 Å². The molecule has 2 aliphatic heterocycles. The molecule has 0 saturated carbocycles. The molecule has 7 nitrogen and oxygen atoms in total. The molecule has 10 heteroatoms. The molecule has 226 valence electrons. The van der Waals surface area contributed by atoms with Crippen molar-refractivity contribution in [2.24, 2.45) is 11.0 Å². The van der Waals surface area contributed by atoms with Gasteiger partial charge in [-0.15, -0.1) is 6.58 Å². The van der Waals surface area contributed by atoms with Crippen LogP contribution in [0.5, 0.6) is 0 Å². The molecule has 1 atom stereocenters. The van der Waals surface area contributed by atoms with Gasteiger partial charge in [0.15, 0.2) is 0 Å². The van der Waals surface area contributed by atoms with Crippen LogP contribution in [0.15, 0.2) is 72.4 Å². The summed E-state index contributed by atoms with van der Waals surface area (Å²) < 4.78 is 5.90. The molecule has 4 rings (SSSR count). The Morgan fingerprint density at radius 1 is 1.15 bits per heavy atom. The van der Waals surface area contributed by atoms with Crippen molar-refractivity contribution < 1.29 is 14.3 Å². The summed E-state index contributed by atoms with van der Waals surface area (Å²) in [5.74, 6) is 1.56. The molecule has 1 unspecified atom stereocenters. The summed E-state index contributed by atoms with van der Waals surface area (Å²) in [5, 5.41) is 7.10. The smallest absolute Gasteiger partial charge is 0.261 e. The Morgan fingerprint density at radius 2 is 1.80 bits per heavy atom. The maximum Gasteiger partial charge on any atom is 0.261 e. The molecule has 1 fully saturated rings. The van der Waals surface area contributed by atoms with Gasteiger partial charge in [0, 0.05) is 41.5 Å². The molecule has 2 heterocycles. The van der Waals surface area contributed by atoms with Crippen LogP contribution in [0, 0.1) is 5.92 Å². The van der Waals surface area contributed by atoms with Gasteiger partial charge in [0.25, 0.3) is 5.91 Å². The second kappa shape index (κ2) is 17.4. The highest BCUT2D eigenvalue weighted by atomic mass is 35.5. The summed E-state index contributed by atoms with van der Waals surface area (Å²) in [5.41, 5.74) is 0.726. The summed E-state index contributed by atoms with van der Waals surface area (Å²) in [6.07, 6.45) is 11.1. The van der Waals surface area contributed by atoms with Gasteiger partial charge >= 0.3 is 0 Å². The number of rotatable bonds is 8. The molecule has 2 amide bonds. The van der Waals surface area contributed by atoms with Gasteiger partial charge in [0.05, 0.1) is 12.5 Å². The third-order valence-electron chi connectivity index (χ3n) is 6.29. The van der Waals surface area contributed by atoms with E-state index < -0.39 is 10.0 Å². The number of allylic oxidation sites excluding steroid dienone is 1. The number of fused-ring (bicyclic) bond motifs is 1. The van der Waals surface area contributed by atoms with Crippen LogP contribution in [0.4, 0.5) is 5.69 Å². The van der Waals surface area contributed by atoms with Gasteiger partial charge in [-0.1, -0.05) is 60.5 Å². The fourth-order valence-electron chi connectivity index (χ4n) is 3.90. The van der Waals surface area contributed by atoms with Gasteiger partial charge in [0.2, 0.25) is 5.91 Å². The molecule has 0 bridgehead atoms. The first-order valence-electron chi connectivity index (χ1n) is 13.7. The first-order chi connectivity index (χ1) is 19.4. The highest BCUT2D eigenvalue weighted by Gasteiger charge is 2.36. The van der Waals surface area contributed by atoms with Crippen molar-refractivity contribution in [1.82, 2.24) is 9.91 Å². The molecular formula is C31H44Cl2N4O3S. The maximum absolute atomic E-state index is 13.5. The summed E-state index contributed by atoms with van der Waals surface area (Å²) in [6.45, 7) is 7.09. The van der Waals surface area contributed by atoms with Crippen LogP contribution in [0.2, 0.25) is 10.0 Å². The van der Waals surface area contributed by atoms with E-state index in [1.807, 2.05) is 53.4 Å². The molecule has 2 aromatic carbocycles. The minimum absolute atomic E-state index is 0.00852. The minimum Gasteiger partial charge on any atom is -0.360 e. The van der Waals surface area contributed by atoms with E-state index in [1.165, 1.54) is 5.01 Å². The fraction of sp³-hybridized carbons (Fsp3) is 0.452. The van der Waals surface area contributed by atoms with Crippen LogP contribution in [-0.2, 0) is 14.3 Å². The van der Waals surface area contributed by atoms with Gasteiger partial charge < -0.3 is 9.64 Å². The van der Waals surface area contributed by atoms with Gasteiger partial charge in [-0.2, -0.15) is 5.10 Å². The number of benzene rings is 2. The van der Waals surface area contributed by atoms with Crippen LogP contribution in [-0.4, -0.2) is 85.6 Å². The number of amides is 2. The highest BCUT2D eigenvalue weighted by Crippen LogP contribution is 2.33. The van der Waals surface area contributed by atoms with E-state index in [0.717, 1.165) is 28.7 Å². The average Bonchev–Trinajstić information content (AvgIpc) is 2.93. The number of carbonyl (C=O) groups excluding carboxylic acids is 2. The highest BCUT2D eigenvalue weighted by molar-refractivity contribution is 8.32. The van der Waals surface area contributed by atoms with Gasteiger partial charge in [0.1, 0.15) is 19.1 Å². The van der Waals surface area contributed by atoms with E-state index in [0.29, 0.717) is 31.0 Å². The predicted molar refractivity (Wildman–Crippen MR) is 176 cm³/mol. The van der Waals surface area contributed by atoms with Crippen LogP contribution in [0.1, 0.15) is 26.2 Å². The lowest BCUT2D eigenvalue weighted by molar-refractivity contribution is -0.133. The molecule has 0 N–H and O–H groups in total. The van der Waals surface area contributed by atoms with Crippen molar-refractivity contribution >= 4 is 56.6 Å². The van der Waals surface area contributed by atoms with E-state index in [1.54, 1.807) is 24.1 Å². The summed E-state index contributed by atoms with van der Waals surface area (Å²) in [7, 11) is 1.01. The van der Waals surface area contributed by atoms with Gasteiger partial charge in [-0.25, -0.2) is 15.0 Å². The number of ether oxygens (including phenoxy) is 1. The number of anilines is 1. The number of hydrazone groups is 1. The maximum atomic E-state index is 13.5. The van der Waals surface area contributed by atoms with Crippen molar-refractivity contribution in [3.63, 3.8) is 0 Å². The largest absolute Gasteiger partial charge is 0.360 e. The van der Waals surface area contributed by atoms with E-state index in [4.69, 9.17) is 27.9 Å². The number of nitrogens with zero attached hydrogens (tertiary/aromatic N) is 4. The van der Waals surface area contributed by atoms with Crippen LogP contribution in [0.3, 0.4) is 0 Å². The Bertz CT molecular complexity index is 1160. The Hall–Kier alpha value is -2.52. The van der Waals surface area contributed by atoms with Gasteiger partial charge in [-0.05, 0) is 61.9 Å². The van der Waals surface area contributed by atoms with Crippen LogP contribution in [0.25, 0.3) is 0 Å². The lowest BCUT2D eigenvalue weighted by Gasteiger charge is -2.39. The zero-order chi connectivity index (χ0) is 30.4. The lowest BCUT2D eigenvalue weighted by atomic mass is 9.95. The molecule has 0 spiro atoms. The first kappa shape index (κ1) is 34.7. The second-order valence-corrected chi connectivity index (χ2v) is 16.1. The Morgan fingerprint density at radius 3 is 2.37 bits per heavy atom. The number of carbonyl (C=O) groups is 2. The van der Waals surface area contributed by atoms with Crippen molar-refractivity contribution in [1.29, 1.82) is 0 Å². The Balaban J connectivity index is 0.000000447. The summed E-state index contributed by atoms with van der Waals surface area (Å²) in [4.78, 5) is 29.1. The fourth-order valence-corrected chi connectivity index (χ4v) is 4.85. The molecular weight excluding hydrogens is 579 g/mol. The molecule has 41 heavy (non-hydrogen) atoms. The molecule has 2 aliphatic rings. The van der Waals surface area contributed by atoms with Gasteiger partial charge in [-0.3, -0.25) is 14.5 Å². The number of piperidine rings is 1. The average molecular weight is 624 g/mol. The Labute approximate surface area is 257 Å². The zero-order valence-corrected chi connectivity index (χ0v) is 27.2. The molecule has 0 radical (unpaired) electrons. The molecule has 0 aromatic heterocycles. The second-order valence-electron chi connectivity index (χ2n) is 10.6. The van der Waals surface area contributed by atoms with E-state index in [-0.39, 0.29) is 31.0 Å². The van der Waals surface area contributed by atoms with Crippen molar-refractivity contribution in [3.8, 4) is 0 Å². The minimum atomic E-state index is -0.663. The van der Waals surface area contributed by atoms with Crippen LogP contribution >= 0.6 is 33.2 Å². The third-order valence-corrected chi connectivity index (χ3v) is 8.17. The Kier molecular flexibility index (Phi) is 14.8. The summed E-state index contributed by atoms with van der Waals surface area (Å²) >= 11 is 11.7. The number of amidine groups is 1. The van der Waals surface area contributed by atoms with Crippen molar-refractivity contribution in [3.05, 3.63) is 77.3 Å². The predicted octanol–water partition coefficient (Wildman–Crippen LogP) is 6.76. The van der Waals surface area contributed by atoms with E-state index in [2.05, 4.69) is 37.4 Å². The quantitative estimate of drug-likeness (QED) is 0.185. The number of hydrogen-bond donors (Lipinski definition) is 0. The monoisotopic (exact) mass is 622 g/mol. The standard InChI is InChI=1S/C21H31ClN4O3S.C6H5Cl.C4H8/c1-24-20(27)14-25-13-16(8-9-19(25)23-24)21(28)26(15-29-10-11-30(2,3)4)18-7-5-6-17(22)12-18;7-6-4-2-1-3-5-6;1-3-4-2/h5-7,12,16H,8-11,13-15H2,1-4H3;1-5H;3H,1,4H2,2H3. The van der Waals surface area contributed by atoms with Crippen molar-refractivity contribution in [2.75, 3.05) is 62.9 Å². The molecule has 2 aromatic rings. The topological polar surface area (TPSA) is 65.5 Å². The normalized spacial score (nSPS) is 16.7.